The maximum Gasteiger partial charge on any atom is 0.274 e. The number of likely N-dealkylation sites (N-methyl/N-ethyl adjacent to an activating group) is 1. The molecule has 5 rings (SSSR count). The van der Waals surface area contributed by atoms with E-state index in [0.717, 1.165) is 55.2 Å². The summed E-state index contributed by atoms with van der Waals surface area (Å²) in [4.78, 5) is 33.8. The summed E-state index contributed by atoms with van der Waals surface area (Å²) in [5, 5.41) is 8.73. The Kier molecular flexibility index (Phi) is 7.83. The van der Waals surface area contributed by atoms with Crippen molar-refractivity contribution < 1.29 is 14.3 Å². The molecule has 0 bridgehead atoms. The first-order valence-electron chi connectivity index (χ1n) is 13.2. The molecule has 1 fully saturated rings. The molecule has 0 radical (unpaired) electrons. The quantitative estimate of drug-likeness (QED) is 0.504. The molecular weight excluding hydrogens is 480 g/mol. The highest BCUT2D eigenvalue weighted by molar-refractivity contribution is 6.06. The lowest BCUT2D eigenvalue weighted by Crippen LogP contribution is -2.45. The van der Waals surface area contributed by atoms with Crippen LogP contribution in [0, 0.1) is 0 Å². The number of carbonyl (C=O) groups excluding carboxylic acids is 2. The van der Waals surface area contributed by atoms with Crippen molar-refractivity contribution in [3.63, 3.8) is 0 Å². The summed E-state index contributed by atoms with van der Waals surface area (Å²) in [6.45, 7) is 6.93. The van der Waals surface area contributed by atoms with Gasteiger partial charge in [0.15, 0.2) is 0 Å². The van der Waals surface area contributed by atoms with E-state index < -0.39 is 0 Å². The monoisotopic (exact) mass is 514 g/mol. The van der Waals surface area contributed by atoms with Crippen LogP contribution in [-0.2, 0) is 14.3 Å². The number of carbonyl (C=O) groups is 2. The van der Waals surface area contributed by atoms with Gasteiger partial charge in [-0.3, -0.25) is 9.59 Å². The second kappa shape index (κ2) is 11.6. The van der Waals surface area contributed by atoms with E-state index in [0.29, 0.717) is 37.7 Å². The van der Waals surface area contributed by atoms with Crippen molar-refractivity contribution in [1.82, 2.24) is 9.80 Å². The van der Waals surface area contributed by atoms with E-state index in [1.807, 2.05) is 89.4 Å². The Morgan fingerprint density at radius 3 is 1.84 bits per heavy atom. The number of hydrogen-bond donors (Lipinski definition) is 0. The molecule has 2 aromatic rings. The number of hydrogen-bond acceptors (Lipinski definition) is 7. The summed E-state index contributed by atoms with van der Waals surface area (Å²) in [6.07, 6.45) is 5.71. The summed E-state index contributed by atoms with van der Waals surface area (Å²) in [6, 6.07) is 15.1. The van der Waals surface area contributed by atoms with Gasteiger partial charge in [-0.25, -0.2) is 0 Å². The molecule has 3 heterocycles. The maximum atomic E-state index is 13.2. The van der Waals surface area contributed by atoms with E-state index in [1.165, 1.54) is 0 Å². The van der Waals surface area contributed by atoms with Gasteiger partial charge in [0.1, 0.15) is 0 Å². The van der Waals surface area contributed by atoms with Crippen LogP contribution in [0.3, 0.4) is 0 Å². The lowest BCUT2D eigenvalue weighted by molar-refractivity contribution is -0.118. The minimum absolute atomic E-state index is 0.0230. The molecule has 3 aliphatic heterocycles. The van der Waals surface area contributed by atoms with Gasteiger partial charge >= 0.3 is 0 Å². The van der Waals surface area contributed by atoms with Gasteiger partial charge in [0, 0.05) is 51.1 Å². The van der Waals surface area contributed by atoms with Gasteiger partial charge in [0.25, 0.3) is 11.8 Å². The van der Waals surface area contributed by atoms with Crippen molar-refractivity contribution in [1.29, 1.82) is 0 Å². The zero-order chi connectivity index (χ0) is 26.5. The first-order valence-corrected chi connectivity index (χ1v) is 13.2. The van der Waals surface area contributed by atoms with Gasteiger partial charge in [-0.1, -0.05) is 12.2 Å². The molecule has 0 aliphatic carbocycles. The predicted molar refractivity (Wildman–Crippen MR) is 148 cm³/mol. The van der Waals surface area contributed by atoms with Crippen LogP contribution in [0.25, 0.3) is 0 Å². The zero-order valence-electron chi connectivity index (χ0n) is 22.0. The fourth-order valence-electron chi connectivity index (χ4n) is 4.88. The molecule has 9 heteroatoms. The zero-order valence-corrected chi connectivity index (χ0v) is 22.0. The largest absolute Gasteiger partial charge is 0.378 e. The molecule has 0 N–H and O–H groups in total. The first-order chi connectivity index (χ1) is 18.5. The number of amides is 2. The number of nitrogens with zero attached hydrogens (tertiary/aromatic N) is 6. The second-order valence-corrected chi connectivity index (χ2v) is 9.52. The van der Waals surface area contributed by atoms with Gasteiger partial charge in [-0.2, -0.15) is 10.2 Å². The van der Waals surface area contributed by atoms with Gasteiger partial charge in [0.2, 0.25) is 0 Å². The van der Waals surface area contributed by atoms with Crippen molar-refractivity contribution in [2.24, 2.45) is 10.2 Å². The number of morpholine rings is 1. The Morgan fingerprint density at radius 1 is 0.763 bits per heavy atom. The van der Waals surface area contributed by atoms with Gasteiger partial charge < -0.3 is 24.3 Å². The van der Waals surface area contributed by atoms with E-state index in [9.17, 15) is 9.59 Å². The van der Waals surface area contributed by atoms with Gasteiger partial charge in [-0.05, 0) is 68.3 Å². The third kappa shape index (κ3) is 5.47. The van der Waals surface area contributed by atoms with Crippen LogP contribution in [0.5, 0.6) is 0 Å². The van der Waals surface area contributed by atoms with Crippen molar-refractivity contribution >= 4 is 34.6 Å². The number of azo groups is 1. The lowest BCUT2D eigenvalue weighted by atomic mass is 10.1. The summed E-state index contributed by atoms with van der Waals surface area (Å²) in [7, 11) is 1.94. The van der Waals surface area contributed by atoms with Gasteiger partial charge in [0.05, 0.1) is 36.0 Å². The molecule has 0 spiro atoms. The van der Waals surface area contributed by atoms with Crippen LogP contribution >= 0.6 is 0 Å². The van der Waals surface area contributed by atoms with Crippen LogP contribution in [0.15, 0.2) is 82.3 Å². The summed E-state index contributed by atoms with van der Waals surface area (Å²) < 4.78 is 5.43. The van der Waals surface area contributed by atoms with E-state index >= 15 is 0 Å². The Balaban J connectivity index is 1.21. The van der Waals surface area contributed by atoms with E-state index in [1.54, 1.807) is 0 Å². The SMILES string of the molecule is CCN(C)C1=CCCN(c2ccc(/N=N/c3ccc(N4CCC=C(N5CCOCC5)C4=O)cc3)cc2)C1=O. The minimum Gasteiger partial charge on any atom is -0.378 e. The highest BCUT2D eigenvalue weighted by Crippen LogP contribution is 2.28. The molecule has 0 aromatic heterocycles. The summed E-state index contributed by atoms with van der Waals surface area (Å²) in [5.74, 6) is 0.0542. The maximum absolute atomic E-state index is 13.2. The van der Waals surface area contributed by atoms with Crippen LogP contribution in [-0.4, -0.2) is 74.6 Å². The van der Waals surface area contributed by atoms with E-state index in [-0.39, 0.29) is 11.8 Å². The molecule has 2 amide bonds. The predicted octanol–water partition coefficient (Wildman–Crippen LogP) is 4.63. The molecule has 0 unspecified atom stereocenters. The number of ether oxygens (including phenoxy) is 1. The number of anilines is 2. The molecule has 3 aliphatic rings. The normalized spacial score (nSPS) is 18.6. The van der Waals surface area contributed by atoms with E-state index in [4.69, 9.17) is 4.74 Å². The fraction of sp³-hybridized carbons (Fsp3) is 0.379. The molecule has 0 saturated carbocycles. The smallest absolute Gasteiger partial charge is 0.274 e. The average molecular weight is 515 g/mol. The minimum atomic E-state index is 0.0230. The van der Waals surface area contributed by atoms with Crippen molar-refractivity contribution in [2.45, 2.75) is 19.8 Å². The number of benzene rings is 2. The second-order valence-electron chi connectivity index (χ2n) is 9.52. The molecule has 1 saturated heterocycles. The topological polar surface area (TPSA) is 81.0 Å². The molecule has 2 aromatic carbocycles. The first kappa shape index (κ1) is 25.7. The summed E-state index contributed by atoms with van der Waals surface area (Å²) in [5.41, 5.74) is 4.62. The third-order valence-corrected chi connectivity index (χ3v) is 7.15. The van der Waals surface area contributed by atoms with E-state index in [2.05, 4.69) is 15.1 Å². The van der Waals surface area contributed by atoms with Crippen molar-refractivity contribution in [3.05, 3.63) is 72.1 Å². The Bertz CT molecular complexity index is 1250. The Hall–Kier alpha value is -3.98. The van der Waals surface area contributed by atoms with Crippen molar-refractivity contribution in [3.8, 4) is 0 Å². The lowest BCUT2D eigenvalue weighted by Gasteiger charge is -2.35. The summed E-state index contributed by atoms with van der Waals surface area (Å²) >= 11 is 0. The van der Waals surface area contributed by atoms with Crippen LogP contribution in [0.2, 0.25) is 0 Å². The average Bonchev–Trinajstić information content (AvgIpc) is 2.97. The number of rotatable bonds is 7. The Morgan fingerprint density at radius 2 is 1.29 bits per heavy atom. The van der Waals surface area contributed by atoms with Crippen LogP contribution in [0.4, 0.5) is 22.7 Å². The standard InChI is InChI=1S/C29H34N6O3/c1-3-32(2)26-6-4-16-34(28(26)36)24-12-8-22(9-13-24)30-31-23-10-14-25(15-11-23)35-17-5-7-27(29(35)37)33-18-20-38-21-19-33/h6-15H,3-5,16-21H2,1-2H3/b31-30+. The molecule has 198 valence electrons. The highest BCUT2D eigenvalue weighted by Gasteiger charge is 2.28. The molecular formula is C29H34N6O3. The van der Waals surface area contributed by atoms with Crippen LogP contribution < -0.4 is 9.80 Å². The fourth-order valence-corrected chi connectivity index (χ4v) is 4.88. The third-order valence-electron chi connectivity index (χ3n) is 7.15. The van der Waals surface area contributed by atoms with Crippen LogP contribution in [0.1, 0.15) is 19.8 Å². The Labute approximate surface area is 223 Å². The molecule has 38 heavy (non-hydrogen) atoms. The van der Waals surface area contributed by atoms with Gasteiger partial charge in [-0.15, -0.1) is 0 Å². The molecule has 0 atom stereocenters. The molecule has 9 nitrogen and oxygen atoms in total. The highest BCUT2D eigenvalue weighted by atomic mass is 16.5. The van der Waals surface area contributed by atoms with Crippen molar-refractivity contribution in [2.75, 3.05) is 62.8 Å².